The summed E-state index contributed by atoms with van der Waals surface area (Å²) in [6.45, 7) is 0.188. The van der Waals surface area contributed by atoms with Crippen LogP contribution in [0.5, 0.6) is 5.75 Å². The van der Waals surface area contributed by atoms with Crippen molar-refractivity contribution < 1.29 is 19.1 Å². The zero-order valence-electron chi connectivity index (χ0n) is 17.7. The number of hydrogen-bond acceptors (Lipinski definition) is 5. The Morgan fingerprint density at radius 3 is 2.82 bits per heavy atom. The quantitative estimate of drug-likeness (QED) is 0.320. The van der Waals surface area contributed by atoms with E-state index >= 15 is 0 Å². The molecule has 0 saturated heterocycles. The number of hydroxylamine groups is 1. The third-order valence-corrected chi connectivity index (χ3v) is 6.01. The summed E-state index contributed by atoms with van der Waals surface area (Å²) in [5, 5.41) is 9.68. The molecule has 1 amide bonds. The molecule has 1 aliphatic rings. The molecule has 33 heavy (non-hydrogen) atoms. The van der Waals surface area contributed by atoms with Gasteiger partial charge in [0.25, 0.3) is 0 Å². The number of aromatic nitrogens is 2. The van der Waals surface area contributed by atoms with Crippen LogP contribution in [0.3, 0.4) is 0 Å². The maximum absolute atomic E-state index is 14.7. The van der Waals surface area contributed by atoms with E-state index in [0.717, 1.165) is 33.3 Å². The zero-order chi connectivity index (χ0) is 22.8. The summed E-state index contributed by atoms with van der Waals surface area (Å²) < 4.78 is 20.6. The van der Waals surface area contributed by atoms with Gasteiger partial charge >= 0.3 is 0 Å². The van der Waals surface area contributed by atoms with E-state index in [1.54, 1.807) is 23.9 Å². The van der Waals surface area contributed by atoms with Crippen LogP contribution in [0.4, 0.5) is 4.39 Å². The molecule has 0 bridgehead atoms. The molecule has 1 fully saturated rings. The second kappa shape index (κ2) is 8.96. The lowest BCUT2D eigenvalue weighted by Crippen LogP contribution is -2.21. The first-order valence-electron chi connectivity index (χ1n) is 10.8. The monoisotopic (exact) mass is 443 g/mol. The molecule has 1 aliphatic carbocycles. The van der Waals surface area contributed by atoms with Crippen molar-refractivity contribution in [1.82, 2.24) is 15.4 Å². The van der Waals surface area contributed by atoms with Crippen molar-refractivity contribution in [2.45, 2.75) is 19.4 Å². The summed E-state index contributed by atoms with van der Waals surface area (Å²) in [6.07, 6.45) is 4.75. The van der Waals surface area contributed by atoms with Gasteiger partial charge in [-0.15, -0.1) is 0 Å². The van der Waals surface area contributed by atoms with E-state index in [4.69, 9.17) is 14.9 Å². The third-order valence-electron chi connectivity index (χ3n) is 6.01. The average molecular weight is 443 g/mol. The predicted octanol–water partition coefficient (Wildman–Crippen LogP) is 4.70. The first kappa shape index (κ1) is 21.0. The number of pyridine rings is 2. The molecular formula is C26H22FN3O3. The van der Waals surface area contributed by atoms with Crippen LogP contribution in [0.2, 0.25) is 0 Å². The molecule has 2 aromatic carbocycles. The van der Waals surface area contributed by atoms with Crippen molar-refractivity contribution in [3.63, 3.8) is 0 Å². The molecule has 5 rings (SSSR count). The van der Waals surface area contributed by atoms with Gasteiger partial charge in [0.05, 0.1) is 11.2 Å². The van der Waals surface area contributed by atoms with Gasteiger partial charge in [-0.05, 0) is 60.7 Å². The Hall–Kier alpha value is -3.84. The SMILES string of the molecule is O=C(NO)C1CC1Cc1ccc(OCc2cc(-c3cccnc3)nc3ccccc23)c(F)c1. The summed E-state index contributed by atoms with van der Waals surface area (Å²) in [5.41, 5.74) is 5.89. The fourth-order valence-electron chi connectivity index (χ4n) is 4.15. The van der Waals surface area contributed by atoms with Crippen LogP contribution in [-0.4, -0.2) is 21.1 Å². The Labute approximate surface area is 190 Å². The lowest BCUT2D eigenvalue weighted by Gasteiger charge is -2.12. The number of hydrogen-bond donors (Lipinski definition) is 2. The van der Waals surface area contributed by atoms with Gasteiger partial charge in [0.2, 0.25) is 5.91 Å². The predicted molar refractivity (Wildman–Crippen MR) is 121 cm³/mol. The van der Waals surface area contributed by atoms with Crippen LogP contribution in [-0.2, 0) is 17.8 Å². The third kappa shape index (κ3) is 4.54. The van der Waals surface area contributed by atoms with Crippen LogP contribution in [0.1, 0.15) is 17.5 Å². The van der Waals surface area contributed by atoms with E-state index in [1.165, 1.54) is 6.07 Å². The number of para-hydroxylation sites is 1. The zero-order valence-corrected chi connectivity index (χ0v) is 17.7. The van der Waals surface area contributed by atoms with Crippen LogP contribution < -0.4 is 10.2 Å². The number of rotatable bonds is 7. The van der Waals surface area contributed by atoms with Crippen molar-refractivity contribution in [1.29, 1.82) is 0 Å². The molecule has 7 heteroatoms. The maximum atomic E-state index is 14.7. The van der Waals surface area contributed by atoms with Crippen molar-refractivity contribution in [3.05, 3.63) is 90.0 Å². The van der Waals surface area contributed by atoms with Crippen LogP contribution in [0.25, 0.3) is 22.2 Å². The summed E-state index contributed by atoms with van der Waals surface area (Å²) in [7, 11) is 0. The normalized spacial score (nSPS) is 17.0. The van der Waals surface area contributed by atoms with E-state index in [2.05, 4.69) is 4.98 Å². The molecule has 1 saturated carbocycles. The van der Waals surface area contributed by atoms with E-state index in [-0.39, 0.29) is 30.1 Å². The lowest BCUT2D eigenvalue weighted by molar-refractivity contribution is -0.130. The van der Waals surface area contributed by atoms with Gasteiger partial charge in [-0.25, -0.2) is 14.9 Å². The number of fused-ring (bicyclic) bond motifs is 1. The second-order valence-electron chi connectivity index (χ2n) is 8.26. The van der Waals surface area contributed by atoms with Crippen LogP contribution >= 0.6 is 0 Å². The van der Waals surface area contributed by atoms with Gasteiger partial charge in [-0.3, -0.25) is 15.0 Å². The van der Waals surface area contributed by atoms with Gasteiger partial charge in [0.1, 0.15) is 6.61 Å². The molecule has 0 aliphatic heterocycles. The molecule has 0 spiro atoms. The van der Waals surface area contributed by atoms with E-state index in [9.17, 15) is 9.18 Å². The van der Waals surface area contributed by atoms with Gasteiger partial charge in [-0.2, -0.15) is 0 Å². The minimum Gasteiger partial charge on any atom is -0.486 e. The highest BCUT2D eigenvalue weighted by atomic mass is 19.1. The Kier molecular flexibility index (Phi) is 5.71. The van der Waals surface area contributed by atoms with E-state index in [1.807, 2.05) is 48.5 Å². The second-order valence-corrected chi connectivity index (χ2v) is 8.26. The Morgan fingerprint density at radius 2 is 2.03 bits per heavy atom. The van der Waals surface area contributed by atoms with E-state index < -0.39 is 5.82 Å². The smallest absolute Gasteiger partial charge is 0.246 e. The Morgan fingerprint density at radius 1 is 1.15 bits per heavy atom. The summed E-state index contributed by atoms with van der Waals surface area (Å²) in [6, 6.07) is 18.4. The van der Waals surface area contributed by atoms with Crippen molar-refractivity contribution in [2.24, 2.45) is 11.8 Å². The minimum absolute atomic E-state index is 0.123. The fourth-order valence-corrected chi connectivity index (χ4v) is 4.15. The molecule has 2 atom stereocenters. The average Bonchev–Trinajstić information content (AvgIpc) is 3.62. The summed E-state index contributed by atoms with van der Waals surface area (Å²) >= 11 is 0. The molecule has 2 aromatic heterocycles. The topological polar surface area (TPSA) is 84.3 Å². The number of ether oxygens (including phenoxy) is 1. The molecule has 166 valence electrons. The number of benzene rings is 2. The van der Waals surface area contributed by atoms with Crippen molar-refractivity contribution in [2.75, 3.05) is 0 Å². The van der Waals surface area contributed by atoms with Crippen LogP contribution in [0, 0.1) is 17.7 Å². The molecular weight excluding hydrogens is 421 g/mol. The van der Waals surface area contributed by atoms with Gasteiger partial charge in [0, 0.05) is 34.8 Å². The van der Waals surface area contributed by atoms with Gasteiger partial charge < -0.3 is 4.74 Å². The fraction of sp³-hybridized carbons (Fsp3) is 0.192. The molecule has 2 N–H and O–H groups in total. The Bertz CT molecular complexity index is 1310. The largest absolute Gasteiger partial charge is 0.486 e. The van der Waals surface area contributed by atoms with Crippen LogP contribution in [0.15, 0.2) is 73.1 Å². The van der Waals surface area contributed by atoms with Gasteiger partial charge in [-0.1, -0.05) is 24.3 Å². The standard InChI is InChI=1S/C26H22FN3O3/c27-22-11-16(10-18-12-21(18)26(31)30-32)7-8-25(22)33-15-19-13-24(17-4-3-9-28-14-17)29-23-6-2-1-5-20(19)23/h1-9,11,13-14,18,21,32H,10,12,15H2,(H,30,31). The number of carbonyl (C=O) groups excluding carboxylic acids is 1. The number of nitrogens with one attached hydrogen (secondary N) is 1. The summed E-state index contributed by atoms with van der Waals surface area (Å²) in [4.78, 5) is 20.4. The lowest BCUT2D eigenvalue weighted by atomic mass is 10.1. The number of halogens is 1. The molecule has 4 aromatic rings. The molecule has 0 radical (unpaired) electrons. The highest BCUT2D eigenvalue weighted by molar-refractivity contribution is 5.85. The number of amides is 1. The highest BCUT2D eigenvalue weighted by Gasteiger charge is 2.42. The van der Waals surface area contributed by atoms with E-state index in [0.29, 0.717) is 12.8 Å². The van der Waals surface area contributed by atoms with Crippen molar-refractivity contribution >= 4 is 16.8 Å². The molecule has 2 heterocycles. The first-order valence-corrected chi connectivity index (χ1v) is 10.8. The maximum Gasteiger partial charge on any atom is 0.246 e. The molecule has 6 nitrogen and oxygen atoms in total. The summed E-state index contributed by atoms with van der Waals surface area (Å²) in [5.74, 6) is -0.735. The Balaban J connectivity index is 1.34. The first-order chi connectivity index (χ1) is 16.1. The van der Waals surface area contributed by atoms with Crippen molar-refractivity contribution in [3.8, 4) is 17.0 Å². The van der Waals surface area contributed by atoms with Gasteiger partial charge in [0.15, 0.2) is 11.6 Å². The number of nitrogens with zero attached hydrogens (tertiary/aromatic N) is 2. The minimum atomic E-state index is -0.442. The molecule has 2 unspecified atom stereocenters. The number of carbonyl (C=O) groups is 1. The highest BCUT2D eigenvalue weighted by Crippen LogP contribution is 2.41.